The Hall–Kier alpha value is -3.50. The predicted molar refractivity (Wildman–Crippen MR) is 178 cm³/mol. The third kappa shape index (κ3) is 6.38. The average molecular weight is 663 g/mol. The van der Waals surface area contributed by atoms with Crippen LogP contribution in [-0.4, -0.2) is 73.1 Å². The number of nitrogens with one attached hydrogen (secondary N) is 1. The molecule has 1 aliphatic carbocycles. The first-order valence-corrected chi connectivity index (χ1v) is 17.7. The van der Waals surface area contributed by atoms with Gasteiger partial charge in [0.1, 0.15) is 12.0 Å². The summed E-state index contributed by atoms with van der Waals surface area (Å²) in [5.41, 5.74) is 3.36. The lowest BCUT2D eigenvalue weighted by molar-refractivity contribution is -0.141. The van der Waals surface area contributed by atoms with Crippen molar-refractivity contribution >= 4 is 29.3 Å². The Morgan fingerprint density at radius 1 is 0.894 bits per heavy atom. The van der Waals surface area contributed by atoms with Gasteiger partial charge < -0.3 is 15.1 Å². The summed E-state index contributed by atoms with van der Waals surface area (Å²) in [6.45, 7) is 3.39. The summed E-state index contributed by atoms with van der Waals surface area (Å²) in [5.74, 6) is -0.433. The van der Waals surface area contributed by atoms with Crippen molar-refractivity contribution in [2.75, 3.05) is 44.2 Å². The summed E-state index contributed by atoms with van der Waals surface area (Å²) in [6.07, 6.45) is 2.42. The minimum Gasteiger partial charge on any atom is -0.369 e. The highest BCUT2D eigenvalue weighted by Gasteiger charge is 2.47. The number of carbonyl (C=O) groups is 2. The maximum atomic E-state index is 13.9. The number of anilines is 1. The van der Waals surface area contributed by atoms with Gasteiger partial charge in [0.05, 0.1) is 0 Å². The van der Waals surface area contributed by atoms with Gasteiger partial charge in [-0.2, -0.15) is 13.2 Å². The van der Waals surface area contributed by atoms with E-state index in [1.54, 1.807) is 11.8 Å². The van der Waals surface area contributed by atoms with Gasteiger partial charge in [0.2, 0.25) is 5.91 Å². The normalized spacial score (nSPS) is 19.7. The van der Waals surface area contributed by atoms with Crippen molar-refractivity contribution in [3.63, 3.8) is 0 Å². The van der Waals surface area contributed by atoms with Crippen LogP contribution in [0.4, 0.5) is 18.9 Å². The Balaban J connectivity index is 1.02. The fourth-order valence-corrected chi connectivity index (χ4v) is 9.27. The second-order valence-electron chi connectivity index (χ2n) is 13.3. The number of fused-ring (bicyclic) bond motifs is 3. The van der Waals surface area contributed by atoms with Gasteiger partial charge in [-0.05, 0) is 73.2 Å². The van der Waals surface area contributed by atoms with Crippen molar-refractivity contribution in [2.24, 2.45) is 0 Å². The topological polar surface area (TPSA) is 55.9 Å². The lowest BCUT2D eigenvalue weighted by Gasteiger charge is -2.40. The first-order valence-electron chi connectivity index (χ1n) is 16.9. The van der Waals surface area contributed by atoms with Crippen LogP contribution in [0.5, 0.6) is 0 Å². The number of hydrogen-bond donors (Lipinski definition) is 1. The standard InChI is InChI=1S/C37H41F3N4O2S/c38-37(39,40)25-41-35(46)36(30-11-4-6-13-32(30)47-33-14-7-5-12-31(33)36)17-8-18-42-19-21-43(22-20-42)28-16-15-26-24-44(34(45)29(26)23-28)27-9-2-1-3-10-27/h4-7,11-16,23,27H,1-3,8-10,17-22,24-25H2,(H,41,46). The van der Waals surface area contributed by atoms with E-state index in [9.17, 15) is 22.8 Å². The molecule has 4 aliphatic rings. The van der Waals surface area contributed by atoms with Crippen molar-refractivity contribution in [3.8, 4) is 0 Å². The monoisotopic (exact) mass is 662 g/mol. The molecule has 248 valence electrons. The van der Waals surface area contributed by atoms with Crippen LogP contribution < -0.4 is 10.2 Å². The number of halogens is 3. The zero-order valence-electron chi connectivity index (χ0n) is 26.5. The molecule has 3 heterocycles. The molecule has 3 aromatic rings. The van der Waals surface area contributed by atoms with E-state index < -0.39 is 24.0 Å². The molecule has 0 bridgehead atoms. The molecule has 3 aliphatic heterocycles. The molecule has 1 saturated carbocycles. The summed E-state index contributed by atoms with van der Waals surface area (Å²) in [5, 5.41) is 2.25. The molecule has 0 radical (unpaired) electrons. The fraction of sp³-hybridized carbons (Fsp3) is 0.459. The van der Waals surface area contributed by atoms with Crippen molar-refractivity contribution in [1.82, 2.24) is 15.1 Å². The molecule has 0 unspecified atom stereocenters. The Morgan fingerprint density at radius 2 is 1.55 bits per heavy atom. The predicted octanol–water partition coefficient (Wildman–Crippen LogP) is 7.01. The van der Waals surface area contributed by atoms with Crippen molar-refractivity contribution in [3.05, 3.63) is 89.0 Å². The van der Waals surface area contributed by atoms with Crippen LogP contribution in [0.3, 0.4) is 0 Å². The fourth-order valence-electron chi connectivity index (χ4n) is 8.03. The van der Waals surface area contributed by atoms with E-state index in [0.29, 0.717) is 18.9 Å². The van der Waals surface area contributed by atoms with E-state index >= 15 is 0 Å². The minimum absolute atomic E-state index is 0.171. The molecule has 2 fully saturated rings. The number of rotatable bonds is 8. The number of piperazine rings is 1. The summed E-state index contributed by atoms with van der Waals surface area (Å²) in [4.78, 5) is 35.9. The number of benzene rings is 3. The van der Waals surface area contributed by atoms with Gasteiger partial charge in [-0.3, -0.25) is 14.5 Å². The molecule has 2 amide bonds. The van der Waals surface area contributed by atoms with Crippen molar-refractivity contribution < 1.29 is 22.8 Å². The maximum Gasteiger partial charge on any atom is 0.405 e. The minimum atomic E-state index is -4.50. The van der Waals surface area contributed by atoms with E-state index in [2.05, 4.69) is 38.2 Å². The molecule has 47 heavy (non-hydrogen) atoms. The van der Waals surface area contributed by atoms with Crippen molar-refractivity contribution in [2.45, 2.75) is 78.9 Å². The largest absolute Gasteiger partial charge is 0.405 e. The van der Waals surface area contributed by atoms with Crippen LogP contribution in [0, 0.1) is 0 Å². The SMILES string of the molecule is O=C1c2cc(N3CCN(CCCC4(C(=O)NCC(F)(F)F)c5ccccc5Sc5ccccc54)CC3)ccc2CN1C1CCCCC1. The second kappa shape index (κ2) is 13.2. The Labute approximate surface area is 278 Å². The molecular weight excluding hydrogens is 621 g/mol. The van der Waals surface area contributed by atoms with E-state index in [1.807, 2.05) is 48.5 Å². The summed E-state index contributed by atoms with van der Waals surface area (Å²) in [6, 6.07) is 21.9. The average Bonchev–Trinajstić information content (AvgIpc) is 3.42. The second-order valence-corrected chi connectivity index (χ2v) is 14.4. The van der Waals surface area contributed by atoms with Crippen LogP contribution in [-0.2, 0) is 16.8 Å². The third-order valence-electron chi connectivity index (χ3n) is 10.5. The zero-order chi connectivity index (χ0) is 32.6. The molecule has 0 aromatic heterocycles. The summed E-state index contributed by atoms with van der Waals surface area (Å²) in [7, 11) is 0. The first kappa shape index (κ1) is 32.1. The van der Waals surface area contributed by atoms with Gasteiger partial charge in [0.25, 0.3) is 5.91 Å². The number of nitrogens with zero attached hydrogens (tertiary/aromatic N) is 3. The molecule has 7 rings (SSSR count). The maximum absolute atomic E-state index is 13.9. The zero-order valence-corrected chi connectivity index (χ0v) is 27.3. The third-order valence-corrected chi connectivity index (χ3v) is 11.6. The highest BCUT2D eigenvalue weighted by Crippen LogP contribution is 2.51. The van der Waals surface area contributed by atoms with E-state index in [-0.39, 0.29) is 5.91 Å². The van der Waals surface area contributed by atoms with Crippen molar-refractivity contribution in [1.29, 1.82) is 0 Å². The highest BCUT2D eigenvalue weighted by atomic mass is 32.2. The number of carbonyl (C=O) groups excluding carboxylic acids is 2. The molecule has 1 saturated heterocycles. The van der Waals surface area contributed by atoms with Gasteiger partial charge in [-0.1, -0.05) is 73.5 Å². The molecule has 0 atom stereocenters. The summed E-state index contributed by atoms with van der Waals surface area (Å²) >= 11 is 1.56. The molecule has 0 spiro atoms. The number of hydrogen-bond acceptors (Lipinski definition) is 5. The van der Waals surface area contributed by atoms with Crippen LogP contribution in [0.25, 0.3) is 0 Å². The molecule has 10 heteroatoms. The molecule has 1 N–H and O–H groups in total. The Morgan fingerprint density at radius 3 is 2.21 bits per heavy atom. The van der Waals surface area contributed by atoms with Gasteiger partial charge in [0.15, 0.2) is 0 Å². The van der Waals surface area contributed by atoms with Gasteiger partial charge in [-0.15, -0.1) is 0 Å². The van der Waals surface area contributed by atoms with Crippen LogP contribution in [0.1, 0.15) is 72.0 Å². The van der Waals surface area contributed by atoms with Gasteiger partial charge in [0, 0.05) is 59.8 Å². The quantitative estimate of drug-likeness (QED) is 0.282. The van der Waals surface area contributed by atoms with E-state index in [0.717, 1.165) is 89.8 Å². The summed E-state index contributed by atoms with van der Waals surface area (Å²) < 4.78 is 39.8. The first-order chi connectivity index (χ1) is 22.7. The Bertz CT molecular complexity index is 1590. The smallest absolute Gasteiger partial charge is 0.369 e. The number of amides is 2. The highest BCUT2D eigenvalue weighted by molar-refractivity contribution is 7.99. The lowest BCUT2D eigenvalue weighted by Crippen LogP contribution is -2.50. The number of alkyl halides is 3. The molecular formula is C37H41F3N4O2S. The van der Waals surface area contributed by atoms with E-state index in [1.165, 1.54) is 19.3 Å². The van der Waals surface area contributed by atoms with Crippen LogP contribution in [0.2, 0.25) is 0 Å². The van der Waals surface area contributed by atoms with Crippen LogP contribution >= 0.6 is 11.8 Å². The Kier molecular flexibility index (Phi) is 9.00. The lowest BCUT2D eigenvalue weighted by atomic mass is 9.70. The van der Waals surface area contributed by atoms with Crippen LogP contribution in [0.15, 0.2) is 76.5 Å². The molecule has 6 nitrogen and oxygen atoms in total. The van der Waals surface area contributed by atoms with Gasteiger partial charge in [-0.25, -0.2) is 0 Å². The van der Waals surface area contributed by atoms with E-state index in [4.69, 9.17) is 0 Å². The van der Waals surface area contributed by atoms with Gasteiger partial charge >= 0.3 is 6.18 Å². The molecule has 3 aromatic carbocycles.